The minimum Gasteiger partial charge on any atom is -0.393 e. The van der Waals surface area contributed by atoms with E-state index in [0.717, 1.165) is 12.3 Å². The highest BCUT2D eigenvalue weighted by Crippen LogP contribution is 2.43. The predicted octanol–water partition coefficient (Wildman–Crippen LogP) is 3.51. The van der Waals surface area contributed by atoms with E-state index in [-0.39, 0.29) is 11.5 Å². The predicted molar refractivity (Wildman–Crippen MR) is 59.2 cm³/mol. The topological polar surface area (TPSA) is 20.2 Å². The molecule has 1 nitrogen and oxygen atoms in total. The molecular weight excluding hydrogens is 172 g/mol. The molecule has 0 aromatic carbocycles. The highest BCUT2D eigenvalue weighted by atomic mass is 16.3. The summed E-state index contributed by atoms with van der Waals surface area (Å²) in [5.41, 5.74) is 0.266. The molecule has 1 N–H and O–H groups in total. The van der Waals surface area contributed by atoms with Crippen molar-refractivity contribution in [1.82, 2.24) is 0 Å². The Labute approximate surface area is 87.9 Å². The lowest BCUT2D eigenvalue weighted by Crippen LogP contribution is -2.31. The fourth-order valence-corrected chi connectivity index (χ4v) is 3.36. The Kier molecular flexibility index (Phi) is 3.16. The van der Waals surface area contributed by atoms with Crippen molar-refractivity contribution in [2.24, 2.45) is 11.3 Å². The second-order valence-corrected chi connectivity index (χ2v) is 5.76. The molecule has 0 heterocycles. The summed E-state index contributed by atoms with van der Waals surface area (Å²) in [7, 11) is 0. The third-order valence-electron chi connectivity index (χ3n) is 4.58. The molecule has 0 saturated heterocycles. The van der Waals surface area contributed by atoms with Crippen LogP contribution in [0.25, 0.3) is 0 Å². The highest BCUT2D eigenvalue weighted by molar-refractivity contribution is 4.88. The molecule has 14 heavy (non-hydrogen) atoms. The van der Waals surface area contributed by atoms with Gasteiger partial charge in [0.25, 0.3) is 0 Å². The van der Waals surface area contributed by atoms with Crippen molar-refractivity contribution in [1.29, 1.82) is 0 Å². The molecular formula is C13H24O. The zero-order valence-electron chi connectivity index (χ0n) is 9.47. The standard InChI is InChI=1S/C13H24O/c1-13(8-4-5-9-13)12(14)10-11-6-2-3-7-11/h11-12,14H,2-10H2,1H3. The van der Waals surface area contributed by atoms with E-state index in [9.17, 15) is 5.11 Å². The Morgan fingerprint density at radius 3 is 2.29 bits per heavy atom. The number of hydrogen-bond donors (Lipinski definition) is 1. The Hall–Kier alpha value is -0.0400. The van der Waals surface area contributed by atoms with Gasteiger partial charge in [-0.05, 0) is 30.6 Å². The third kappa shape index (κ3) is 2.13. The molecule has 0 amide bonds. The van der Waals surface area contributed by atoms with Gasteiger partial charge in [-0.3, -0.25) is 0 Å². The molecule has 2 fully saturated rings. The van der Waals surface area contributed by atoms with Gasteiger partial charge in [-0.1, -0.05) is 45.4 Å². The molecule has 0 spiro atoms. The van der Waals surface area contributed by atoms with E-state index >= 15 is 0 Å². The Bertz CT molecular complexity index is 176. The largest absolute Gasteiger partial charge is 0.393 e. The van der Waals surface area contributed by atoms with Crippen LogP contribution in [0, 0.1) is 11.3 Å². The van der Waals surface area contributed by atoms with Crippen LogP contribution in [0.2, 0.25) is 0 Å². The van der Waals surface area contributed by atoms with Gasteiger partial charge in [-0.25, -0.2) is 0 Å². The van der Waals surface area contributed by atoms with Gasteiger partial charge in [0.1, 0.15) is 0 Å². The van der Waals surface area contributed by atoms with E-state index in [1.807, 2.05) is 0 Å². The molecule has 1 unspecified atom stereocenters. The maximum atomic E-state index is 10.3. The SMILES string of the molecule is CC1(C(O)CC2CCCC2)CCCC1. The van der Waals surface area contributed by atoms with Crippen LogP contribution in [0.5, 0.6) is 0 Å². The van der Waals surface area contributed by atoms with Crippen LogP contribution < -0.4 is 0 Å². The smallest absolute Gasteiger partial charge is 0.0596 e. The van der Waals surface area contributed by atoms with Crippen LogP contribution >= 0.6 is 0 Å². The summed E-state index contributed by atoms with van der Waals surface area (Å²) >= 11 is 0. The number of aliphatic hydroxyl groups excluding tert-OH is 1. The van der Waals surface area contributed by atoms with E-state index in [2.05, 4.69) is 6.92 Å². The molecule has 0 bridgehead atoms. The normalized spacial score (nSPS) is 29.6. The first kappa shape index (κ1) is 10.5. The Morgan fingerprint density at radius 2 is 1.71 bits per heavy atom. The van der Waals surface area contributed by atoms with Crippen molar-refractivity contribution in [3.8, 4) is 0 Å². The highest BCUT2D eigenvalue weighted by Gasteiger charge is 2.37. The minimum absolute atomic E-state index is 0.0203. The fraction of sp³-hybridized carbons (Fsp3) is 1.00. The average molecular weight is 196 g/mol. The van der Waals surface area contributed by atoms with Crippen molar-refractivity contribution in [3.63, 3.8) is 0 Å². The van der Waals surface area contributed by atoms with Crippen molar-refractivity contribution in [2.75, 3.05) is 0 Å². The summed E-state index contributed by atoms with van der Waals surface area (Å²) in [6, 6.07) is 0. The fourth-order valence-electron chi connectivity index (χ4n) is 3.36. The Balaban J connectivity index is 1.84. The van der Waals surface area contributed by atoms with Gasteiger partial charge in [0.15, 0.2) is 0 Å². The molecule has 1 atom stereocenters. The zero-order chi connectivity index (χ0) is 10.0. The van der Waals surface area contributed by atoms with Crippen molar-refractivity contribution >= 4 is 0 Å². The van der Waals surface area contributed by atoms with Gasteiger partial charge in [-0.15, -0.1) is 0 Å². The summed E-state index contributed by atoms with van der Waals surface area (Å²) in [5.74, 6) is 0.836. The van der Waals surface area contributed by atoms with Crippen LogP contribution in [0.4, 0.5) is 0 Å². The first-order chi connectivity index (χ1) is 6.71. The van der Waals surface area contributed by atoms with E-state index in [0.29, 0.717) is 0 Å². The van der Waals surface area contributed by atoms with Crippen LogP contribution in [-0.2, 0) is 0 Å². The molecule has 2 rings (SSSR count). The van der Waals surface area contributed by atoms with Gasteiger partial charge in [0.05, 0.1) is 6.10 Å². The van der Waals surface area contributed by atoms with Gasteiger partial charge in [0.2, 0.25) is 0 Å². The molecule has 0 aliphatic heterocycles. The van der Waals surface area contributed by atoms with Gasteiger partial charge >= 0.3 is 0 Å². The number of hydrogen-bond acceptors (Lipinski definition) is 1. The molecule has 2 aliphatic carbocycles. The van der Waals surface area contributed by atoms with E-state index < -0.39 is 0 Å². The molecule has 0 aromatic heterocycles. The average Bonchev–Trinajstić information content (AvgIpc) is 2.76. The van der Waals surface area contributed by atoms with E-state index in [1.165, 1.54) is 51.4 Å². The number of rotatable bonds is 3. The lowest BCUT2D eigenvalue weighted by Gasteiger charge is -2.31. The van der Waals surface area contributed by atoms with Crippen LogP contribution in [-0.4, -0.2) is 11.2 Å². The second-order valence-electron chi connectivity index (χ2n) is 5.76. The van der Waals surface area contributed by atoms with Crippen molar-refractivity contribution < 1.29 is 5.11 Å². The summed E-state index contributed by atoms with van der Waals surface area (Å²) in [6.45, 7) is 2.29. The Morgan fingerprint density at radius 1 is 1.14 bits per heavy atom. The molecule has 0 radical (unpaired) electrons. The molecule has 0 aromatic rings. The minimum atomic E-state index is -0.0203. The van der Waals surface area contributed by atoms with Gasteiger partial charge < -0.3 is 5.11 Å². The lowest BCUT2D eigenvalue weighted by atomic mass is 9.78. The second kappa shape index (κ2) is 4.22. The molecule has 82 valence electrons. The monoisotopic (exact) mass is 196 g/mol. The quantitative estimate of drug-likeness (QED) is 0.732. The maximum Gasteiger partial charge on any atom is 0.0596 e. The summed E-state index contributed by atoms with van der Waals surface area (Å²) < 4.78 is 0. The van der Waals surface area contributed by atoms with E-state index in [4.69, 9.17) is 0 Å². The van der Waals surface area contributed by atoms with Gasteiger partial charge in [-0.2, -0.15) is 0 Å². The third-order valence-corrected chi connectivity index (χ3v) is 4.58. The molecule has 2 aliphatic rings. The maximum absolute atomic E-state index is 10.3. The van der Waals surface area contributed by atoms with Crippen molar-refractivity contribution in [2.45, 2.75) is 70.8 Å². The summed E-state index contributed by atoms with van der Waals surface area (Å²) in [4.78, 5) is 0. The van der Waals surface area contributed by atoms with Crippen LogP contribution in [0.15, 0.2) is 0 Å². The van der Waals surface area contributed by atoms with Crippen LogP contribution in [0.1, 0.15) is 64.7 Å². The zero-order valence-corrected chi connectivity index (χ0v) is 9.47. The lowest BCUT2D eigenvalue weighted by molar-refractivity contribution is 0.0226. The van der Waals surface area contributed by atoms with Gasteiger partial charge in [0, 0.05) is 0 Å². The van der Waals surface area contributed by atoms with Crippen LogP contribution in [0.3, 0.4) is 0 Å². The van der Waals surface area contributed by atoms with E-state index in [1.54, 1.807) is 0 Å². The summed E-state index contributed by atoms with van der Waals surface area (Å²) in [5, 5.41) is 10.3. The first-order valence-electron chi connectivity index (χ1n) is 6.39. The summed E-state index contributed by atoms with van der Waals surface area (Å²) in [6.07, 6.45) is 11.8. The molecule has 1 heteroatoms. The van der Waals surface area contributed by atoms with Crippen molar-refractivity contribution in [3.05, 3.63) is 0 Å². The first-order valence-corrected chi connectivity index (χ1v) is 6.39. The molecule has 2 saturated carbocycles. The number of aliphatic hydroxyl groups is 1.